The second-order valence-electron chi connectivity index (χ2n) is 7.24. The number of benzene rings is 2. The van der Waals surface area contributed by atoms with E-state index >= 15 is 0 Å². The van der Waals surface area contributed by atoms with Crippen LogP contribution in [0.4, 0.5) is 11.6 Å². The van der Waals surface area contributed by atoms with Gasteiger partial charge in [0.2, 0.25) is 5.95 Å². The van der Waals surface area contributed by atoms with Crippen LogP contribution in [-0.4, -0.2) is 25.6 Å². The number of furan rings is 1. The van der Waals surface area contributed by atoms with Crippen LogP contribution in [0.15, 0.2) is 59.3 Å². The Morgan fingerprint density at radius 1 is 1.21 bits per heavy atom. The topological polar surface area (TPSA) is 125 Å². The second kappa shape index (κ2) is 9.94. The fraction of sp³-hybridized carbons (Fsp3) is 0.136. The number of ether oxygens (including phenoxy) is 1. The molecule has 0 spiro atoms. The molecule has 0 bridgehead atoms. The van der Waals surface area contributed by atoms with Gasteiger partial charge in [0, 0.05) is 16.1 Å². The van der Waals surface area contributed by atoms with Crippen molar-refractivity contribution in [3.8, 4) is 5.75 Å². The number of nitro benzene ring substituents is 1. The number of nitrogens with one attached hydrogen (secondary N) is 1. The fourth-order valence-corrected chi connectivity index (χ4v) is 3.50. The summed E-state index contributed by atoms with van der Waals surface area (Å²) in [4.78, 5) is 27.2. The van der Waals surface area contributed by atoms with Crippen molar-refractivity contribution in [3.63, 3.8) is 0 Å². The molecule has 1 N–H and O–H groups in total. The number of amides is 1. The number of hydrogen-bond acceptors (Lipinski definition) is 7. The number of anilines is 1. The first kappa shape index (κ1) is 23.3. The van der Waals surface area contributed by atoms with Crippen LogP contribution in [0.5, 0.6) is 5.75 Å². The van der Waals surface area contributed by atoms with Gasteiger partial charge in [-0.15, -0.1) is 5.10 Å². The maximum Gasteiger partial charge on any atom is 0.311 e. The lowest BCUT2D eigenvalue weighted by molar-refractivity contribution is -0.386. The Labute approximate surface area is 203 Å². The van der Waals surface area contributed by atoms with E-state index in [1.165, 1.54) is 29.2 Å². The molecule has 0 unspecified atom stereocenters. The number of carbonyl (C=O) groups excluding carboxylic acids is 1. The lowest BCUT2D eigenvalue weighted by atomic mass is 10.2. The standard InChI is InChI=1S/C22H17Cl2N5O5/c1-13-2-6-19(18(8-13)29(31)32)33-11-16-5-7-20(34-16)21(30)26-22-25-12-28(27-22)10-14-3-4-15(23)9-17(14)24/h2-9,12H,10-11H2,1H3,(H,26,27,30). The van der Waals surface area contributed by atoms with Gasteiger partial charge in [0.05, 0.1) is 11.5 Å². The summed E-state index contributed by atoms with van der Waals surface area (Å²) in [5.74, 6) is -0.0482. The Bertz CT molecular complexity index is 1370. The zero-order valence-electron chi connectivity index (χ0n) is 17.7. The number of carbonyl (C=O) groups is 1. The third kappa shape index (κ3) is 5.53. The minimum atomic E-state index is -0.560. The molecule has 0 atom stereocenters. The molecule has 0 saturated carbocycles. The van der Waals surface area contributed by atoms with Crippen LogP contribution in [0.3, 0.4) is 0 Å². The first-order chi connectivity index (χ1) is 16.3. The molecule has 0 aliphatic rings. The molecule has 2 aromatic carbocycles. The SMILES string of the molecule is Cc1ccc(OCc2ccc(C(=O)Nc3ncn(Cc4ccc(Cl)cc4Cl)n3)o2)c([N+](=O)[O-])c1. The molecule has 4 aromatic rings. The molecular formula is C22H17Cl2N5O5. The summed E-state index contributed by atoms with van der Waals surface area (Å²) >= 11 is 12.1. The summed E-state index contributed by atoms with van der Waals surface area (Å²) in [5.41, 5.74) is 1.38. The fourth-order valence-electron chi connectivity index (χ4n) is 3.03. The Kier molecular flexibility index (Phi) is 6.80. The highest BCUT2D eigenvalue weighted by atomic mass is 35.5. The Hall–Kier alpha value is -3.89. The lowest BCUT2D eigenvalue weighted by Crippen LogP contribution is -2.12. The van der Waals surface area contributed by atoms with Crippen molar-refractivity contribution in [2.45, 2.75) is 20.1 Å². The molecule has 0 radical (unpaired) electrons. The zero-order chi connectivity index (χ0) is 24.2. The van der Waals surface area contributed by atoms with Gasteiger partial charge in [0.15, 0.2) is 11.5 Å². The molecule has 174 valence electrons. The molecular weight excluding hydrogens is 485 g/mol. The van der Waals surface area contributed by atoms with Gasteiger partial charge >= 0.3 is 5.69 Å². The highest BCUT2D eigenvalue weighted by Gasteiger charge is 2.17. The summed E-state index contributed by atoms with van der Waals surface area (Å²) in [6, 6.07) is 12.8. The van der Waals surface area contributed by atoms with Crippen molar-refractivity contribution in [3.05, 3.63) is 97.7 Å². The van der Waals surface area contributed by atoms with Crippen LogP contribution in [0.2, 0.25) is 10.0 Å². The van der Waals surface area contributed by atoms with Gasteiger partial charge < -0.3 is 9.15 Å². The molecule has 10 nitrogen and oxygen atoms in total. The highest BCUT2D eigenvalue weighted by Crippen LogP contribution is 2.28. The predicted octanol–water partition coefficient (Wildman–Crippen LogP) is 5.27. The molecule has 12 heteroatoms. The summed E-state index contributed by atoms with van der Waals surface area (Å²) in [7, 11) is 0. The van der Waals surface area contributed by atoms with Crippen LogP contribution in [0.25, 0.3) is 0 Å². The second-order valence-corrected chi connectivity index (χ2v) is 8.08. The summed E-state index contributed by atoms with van der Waals surface area (Å²) in [6.45, 7) is 2.00. The van der Waals surface area contributed by atoms with Crippen LogP contribution in [-0.2, 0) is 13.2 Å². The monoisotopic (exact) mass is 501 g/mol. The maximum atomic E-state index is 12.5. The molecule has 0 fully saturated rings. The van der Waals surface area contributed by atoms with Gasteiger partial charge in [-0.1, -0.05) is 35.3 Å². The predicted molar refractivity (Wildman–Crippen MR) is 124 cm³/mol. The minimum absolute atomic E-state index is 0.00843. The Morgan fingerprint density at radius 2 is 2.03 bits per heavy atom. The van der Waals surface area contributed by atoms with E-state index in [1.807, 2.05) is 0 Å². The van der Waals surface area contributed by atoms with Crippen LogP contribution in [0, 0.1) is 17.0 Å². The van der Waals surface area contributed by atoms with Crippen molar-refractivity contribution in [1.29, 1.82) is 0 Å². The number of halogens is 2. The number of nitro groups is 1. The molecule has 1 amide bonds. The van der Waals surface area contributed by atoms with E-state index in [9.17, 15) is 14.9 Å². The Morgan fingerprint density at radius 3 is 2.79 bits per heavy atom. The molecule has 2 aromatic heterocycles. The average Bonchev–Trinajstić information content (AvgIpc) is 3.44. The van der Waals surface area contributed by atoms with Gasteiger partial charge in [0.25, 0.3) is 5.91 Å². The van der Waals surface area contributed by atoms with Crippen molar-refractivity contribution in [2.75, 3.05) is 5.32 Å². The van der Waals surface area contributed by atoms with E-state index in [2.05, 4.69) is 15.4 Å². The molecule has 34 heavy (non-hydrogen) atoms. The van der Waals surface area contributed by atoms with Crippen molar-refractivity contribution in [2.24, 2.45) is 0 Å². The molecule has 2 heterocycles. The van der Waals surface area contributed by atoms with Crippen molar-refractivity contribution in [1.82, 2.24) is 14.8 Å². The van der Waals surface area contributed by atoms with Crippen molar-refractivity contribution >= 4 is 40.7 Å². The number of aryl methyl sites for hydroxylation is 1. The van der Waals surface area contributed by atoms with Crippen LogP contribution >= 0.6 is 23.2 Å². The Balaban J connectivity index is 1.36. The summed E-state index contributed by atoms with van der Waals surface area (Å²) in [6.07, 6.45) is 1.45. The third-order valence-electron chi connectivity index (χ3n) is 4.68. The third-order valence-corrected chi connectivity index (χ3v) is 5.26. The maximum absolute atomic E-state index is 12.5. The van der Waals surface area contributed by atoms with E-state index in [1.54, 1.807) is 37.3 Å². The van der Waals surface area contributed by atoms with E-state index < -0.39 is 10.8 Å². The van der Waals surface area contributed by atoms with Gasteiger partial charge in [-0.25, -0.2) is 9.67 Å². The summed E-state index contributed by atoms with van der Waals surface area (Å²) in [5, 5.41) is 19.0. The minimum Gasteiger partial charge on any atom is -0.479 e. The molecule has 4 rings (SSSR count). The van der Waals surface area contributed by atoms with Gasteiger partial charge in [0.1, 0.15) is 18.7 Å². The largest absolute Gasteiger partial charge is 0.479 e. The number of hydrogen-bond donors (Lipinski definition) is 1. The van der Waals surface area contributed by atoms with E-state index in [0.717, 1.165) is 11.1 Å². The van der Waals surface area contributed by atoms with E-state index in [0.29, 0.717) is 22.4 Å². The number of rotatable bonds is 8. The number of aromatic nitrogens is 3. The normalized spacial score (nSPS) is 10.8. The molecule has 0 aliphatic carbocycles. The highest BCUT2D eigenvalue weighted by molar-refractivity contribution is 6.35. The summed E-state index contributed by atoms with van der Waals surface area (Å²) < 4.78 is 12.5. The zero-order valence-corrected chi connectivity index (χ0v) is 19.2. The molecule has 0 saturated heterocycles. The smallest absolute Gasteiger partial charge is 0.311 e. The molecule has 0 aliphatic heterocycles. The van der Waals surface area contributed by atoms with E-state index in [-0.39, 0.29) is 29.8 Å². The van der Waals surface area contributed by atoms with Crippen molar-refractivity contribution < 1.29 is 18.9 Å². The van der Waals surface area contributed by atoms with Gasteiger partial charge in [-0.3, -0.25) is 20.2 Å². The van der Waals surface area contributed by atoms with Gasteiger partial charge in [-0.2, -0.15) is 0 Å². The average molecular weight is 502 g/mol. The van der Waals surface area contributed by atoms with Crippen LogP contribution in [0.1, 0.15) is 27.4 Å². The quantitative estimate of drug-likeness (QED) is 0.257. The number of nitrogens with zero attached hydrogens (tertiary/aromatic N) is 4. The lowest BCUT2D eigenvalue weighted by Gasteiger charge is -2.05. The van der Waals surface area contributed by atoms with Crippen LogP contribution < -0.4 is 10.1 Å². The first-order valence-electron chi connectivity index (χ1n) is 9.90. The first-order valence-corrected chi connectivity index (χ1v) is 10.7. The van der Waals surface area contributed by atoms with E-state index in [4.69, 9.17) is 32.4 Å². The van der Waals surface area contributed by atoms with Gasteiger partial charge in [-0.05, 0) is 48.4 Å².